The normalized spacial score (nSPS) is 26.4. The molecular formula is C20H23FN2OS. The van der Waals surface area contributed by atoms with Gasteiger partial charge in [-0.05, 0) is 49.3 Å². The van der Waals surface area contributed by atoms with Crippen LogP contribution < -0.4 is 5.32 Å². The topological polar surface area (TPSA) is 32.3 Å². The van der Waals surface area contributed by atoms with Gasteiger partial charge in [0.25, 0.3) is 5.91 Å². The molecule has 0 unspecified atom stereocenters. The zero-order valence-corrected chi connectivity index (χ0v) is 15.0. The Morgan fingerprint density at radius 2 is 1.92 bits per heavy atom. The van der Waals surface area contributed by atoms with Gasteiger partial charge in [-0.15, -0.1) is 11.3 Å². The Morgan fingerprint density at radius 3 is 2.60 bits per heavy atom. The molecule has 2 aliphatic rings. The maximum Gasteiger partial charge on any atom is 0.254 e. The number of hydrogen-bond acceptors (Lipinski definition) is 3. The quantitative estimate of drug-likeness (QED) is 0.888. The van der Waals surface area contributed by atoms with Crippen LogP contribution in [0.3, 0.4) is 0 Å². The summed E-state index contributed by atoms with van der Waals surface area (Å²) in [4.78, 5) is 16.5. The van der Waals surface area contributed by atoms with Gasteiger partial charge < -0.3 is 5.32 Å². The van der Waals surface area contributed by atoms with E-state index in [1.165, 1.54) is 30.2 Å². The Morgan fingerprint density at radius 1 is 1.16 bits per heavy atom. The summed E-state index contributed by atoms with van der Waals surface area (Å²) in [7, 11) is 0. The first-order valence-electron chi connectivity index (χ1n) is 9.04. The zero-order valence-electron chi connectivity index (χ0n) is 14.2. The molecule has 3 heterocycles. The van der Waals surface area contributed by atoms with Crippen molar-refractivity contribution in [1.29, 1.82) is 0 Å². The molecule has 25 heavy (non-hydrogen) atoms. The smallest absolute Gasteiger partial charge is 0.254 e. The van der Waals surface area contributed by atoms with Gasteiger partial charge >= 0.3 is 0 Å². The number of rotatable bonds is 4. The van der Waals surface area contributed by atoms with Crippen molar-refractivity contribution >= 4 is 17.2 Å². The third-order valence-electron chi connectivity index (χ3n) is 5.50. The minimum Gasteiger partial charge on any atom is -0.349 e. The van der Waals surface area contributed by atoms with Gasteiger partial charge in [-0.2, -0.15) is 0 Å². The lowest BCUT2D eigenvalue weighted by Crippen LogP contribution is -2.56. The van der Waals surface area contributed by atoms with Crippen LogP contribution in [-0.4, -0.2) is 28.9 Å². The fourth-order valence-corrected chi connectivity index (χ4v) is 5.06. The third kappa shape index (κ3) is 3.62. The first-order chi connectivity index (χ1) is 12.2. The largest absolute Gasteiger partial charge is 0.349 e. The number of piperidine rings is 2. The van der Waals surface area contributed by atoms with E-state index < -0.39 is 5.82 Å². The highest BCUT2D eigenvalue weighted by Gasteiger charge is 2.38. The molecule has 1 aromatic carbocycles. The average molecular weight is 358 g/mol. The lowest BCUT2D eigenvalue weighted by atomic mass is 9.81. The molecular weight excluding hydrogens is 335 g/mol. The molecule has 0 saturated carbocycles. The molecule has 0 aliphatic carbocycles. The van der Waals surface area contributed by atoms with Crippen LogP contribution in [-0.2, 0) is 6.54 Å². The Labute approximate surface area is 151 Å². The number of carbonyl (C=O) groups excluding carboxylic acids is 1. The fraction of sp³-hybridized carbons (Fsp3) is 0.450. The van der Waals surface area contributed by atoms with Gasteiger partial charge in [0, 0.05) is 29.5 Å². The van der Waals surface area contributed by atoms with Crippen LogP contribution in [0.25, 0.3) is 0 Å². The molecule has 132 valence electrons. The van der Waals surface area contributed by atoms with Gasteiger partial charge in [-0.1, -0.05) is 24.6 Å². The van der Waals surface area contributed by atoms with Crippen LogP contribution in [0.2, 0.25) is 0 Å². The molecule has 4 rings (SSSR count). The predicted molar refractivity (Wildman–Crippen MR) is 98.2 cm³/mol. The molecule has 0 radical (unpaired) electrons. The van der Waals surface area contributed by atoms with Crippen molar-refractivity contribution in [2.45, 2.75) is 56.8 Å². The number of benzene rings is 1. The van der Waals surface area contributed by atoms with E-state index in [4.69, 9.17) is 0 Å². The van der Waals surface area contributed by atoms with E-state index in [1.54, 1.807) is 18.2 Å². The number of carbonyl (C=O) groups is 1. The van der Waals surface area contributed by atoms with Gasteiger partial charge in [-0.25, -0.2) is 4.39 Å². The second-order valence-corrected chi connectivity index (χ2v) is 8.14. The molecule has 2 aromatic rings. The van der Waals surface area contributed by atoms with Crippen LogP contribution in [0.4, 0.5) is 4.39 Å². The van der Waals surface area contributed by atoms with E-state index in [2.05, 4.69) is 27.7 Å². The van der Waals surface area contributed by atoms with E-state index in [0.717, 1.165) is 19.4 Å². The predicted octanol–water partition coefficient (Wildman–Crippen LogP) is 4.20. The summed E-state index contributed by atoms with van der Waals surface area (Å²) < 4.78 is 13.8. The maximum absolute atomic E-state index is 13.8. The van der Waals surface area contributed by atoms with Gasteiger partial charge in [0.05, 0.1) is 5.56 Å². The summed E-state index contributed by atoms with van der Waals surface area (Å²) in [6.45, 7) is 1.01. The first-order valence-corrected chi connectivity index (χ1v) is 9.92. The van der Waals surface area contributed by atoms with Crippen molar-refractivity contribution in [2.24, 2.45) is 0 Å². The van der Waals surface area contributed by atoms with Crippen molar-refractivity contribution in [1.82, 2.24) is 10.2 Å². The van der Waals surface area contributed by atoms with Crippen LogP contribution in [0, 0.1) is 5.82 Å². The van der Waals surface area contributed by atoms with E-state index in [1.807, 2.05) is 11.3 Å². The Hall–Kier alpha value is -1.72. The second kappa shape index (κ2) is 7.26. The molecule has 1 amide bonds. The molecule has 3 nitrogen and oxygen atoms in total. The Kier molecular flexibility index (Phi) is 4.86. The van der Waals surface area contributed by atoms with Crippen LogP contribution in [0.5, 0.6) is 0 Å². The number of hydrogen-bond donors (Lipinski definition) is 1. The molecule has 2 saturated heterocycles. The van der Waals surface area contributed by atoms with Crippen LogP contribution >= 0.6 is 11.3 Å². The molecule has 5 heteroatoms. The summed E-state index contributed by atoms with van der Waals surface area (Å²) in [5.41, 5.74) is 0.147. The van der Waals surface area contributed by atoms with Gasteiger partial charge in [0.15, 0.2) is 0 Å². The lowest BCUT2D eigenvalue weighted by molar-refractivity contribution is 0.0184. The van der Waals surface area contributed by atoms with E-state index in [-0.39, 0.29) is 17.5 Å². The van der Waals surface area contributed by atoms with Crippen molar-refractivity contribution < 1.29 is 9.18 Å². The minimum atomic E-state index is -0.449. The number of nitrogens with one attached hydrogen (secondary N) is 1. The summed E-state index contributed by atoms with van der Waals surface area (Å²) in [6.07, 6.45) is 5.57. The third-order valence-corrected chi connectivity index (χ3v) is 6.36. The highest BCUT2D eigenvalue weighted by Crippen LogP contribution is 2.35. The standard InChI is InChI=1S/C20H23FN2OS/c21-19-9-2-1-8-18(19)20(24)22-14-11-15-5-3-6-16(12-14)23(15)13-17-7-4-10-25-17/h1-2,4,7-10,14-16H,3,5-6,11-13H2,(H,22,24)/t15-,16-/m1/s1. The van der Waals surface area contributed by atoms with Crippen molar-refractivity contribution in [3.8, 4) is 0 Å². The minimum absolute atomic E-state index is 0.141. The van der Waals surface area contributed by atoms with Crippen molar-refractivity contribution in [3.05, 3.63) is 58.0 Å². The second-order valence-electron chi connectivity index (χ2n) is 7.11. The lowest BCUT2D eigenvalue weighted by Gasteiger charge is -2.49. The molecule has 2 fully saturated rings. The average Bonchev–Trinajstić information content (AvgIpc) is 3.09. The number of halogens is 1. The number of amides is 1. The monoisotopic (exact) mass is 358 g/mol. The Bertz CT molecular complexity index is 719. The van der Waals surface area contributed by atoms with Crippen LogP contribution in [0.15, 0.2) is 41.8 Å². The highest BCUT2D eigenvalue weighted by atomic mass is 32.1. The number of thiophene rings is 1. The number of nitrogens with zero attached hydrogens (tertiary/aromatic N) is 1. The van der Waals surface area contributed by atoms with Gasteiger partial charge in [0.2, 0.25) is 0 Å². The SMILES string of the molecule is O=C(NC1C[C@H]2CCC[C@H](C1)N2Cc1cccs1)c1ccccc1F. The molecule has 1 N–H and O–H groups in total. The zero-order chi connectivity index (χ0) is 17.2. The summed E-state index contributed by atoms with van der Waals surface area (Å²) in [5.74, 6) is -0.733. The van der Waals surface area contributed by atoms with Crippen molar-refractivity contribution in [2.75, 3.05) is 0 Å². The van der Waals surface area contributed by atoms with E-state index >= 15 is 0 Å². The molecule has 0 spiro atoms. The van der Waals surface area contributed by atoms with Gasteiger partial charge in [0.1, 0.15) is 5.82 Å². The fourth-order valence-electron chi connectivity index (χ4n) is 4.35. The molecule has 2 bridgehead atoms. The number of fused-ring (bicyclic) bond motifs is 2. The van der Waals surface area contributed by atoms with E-state index in [0.29, 0.717) is 12.1 Å². The maximum atomic E-state index is 13.8. The summed E-state index contributed by atoms with van der Waals surface area (Å²) in [5, 5.41) is 5.21. The van der Waals surface area contributed by atoms with E-state index in [9.17, 15) is 9.18 Å². The first kappa shape index (κ1) is 16.7. The Balaban J connectivity index is 1.43. The molecule has 2 aliphatic heterocycles. The van der Waals surface area contributed by atoms with Crippen molar-refractivity contribution in [3.63, 3.8) is 0 Å². The molecule has 2 atom stereocenters. The summed E-state index contributed by atoms with van der Waals surface area (Å²) in [6, 6.07) is 11.7. The molecule has 1 aromatic heterocycles. The van der Waals surface area contributed by atoms with Crippen LogP contribution in [0.1, 0.15) is 47.3 Å². The van der Waals surface area contributed by atoms with Gasteiger partial charge in [-0.3, -0.25) is 9.69 Å². The summed E-state index contributed by atoms with van der Waals surface area (Å²) >= 11 is 1.81. The highest BCUT2D eigenvalue weighted by molar-refractivity contribution is 7.09.